The highest BCUT2D eigenvalue weighted by Crippen LogP contribution is 2.34. The van der Waals surface area contributed by atoms with Crippen molar-refractivity contribution in [2.75, 3.05) is 42.6 Å². The van der Waals surface area contributed by atoms with Crippen LogP contribution < -0.4 is 14.5 Å². The molecule has 2 aliphatic heterocycles. The van der Waals surface area contributed by atoms with Gasteiger partial charge in [0.1, 0.15) is 5.75 Å². The van der Waals surface area contributed by atoms with Gasteiger partial charge >= 0.3 is 0 Å². The van der Waals surface area contributed by atoms with E-state index in [9.17, 15) is 13.2 Å². The standard InChI is InChI=1S/C27H31N5O4S/c1-4-36-23-7-5-21(6-8-23)25-10-12-27(29-28-25)30-13-15-31(16-14-30)37(34,35)24-9-11-26-22(18-24)17-19(2)32(26)20(3)33/h5-12,18-19H,4,13-17H2,1-3H3. The maximum absolute atomic E-state index is 13.4. The molecule has 1 saturated heterocycles. The van der Waals surface area contributed by atoms with Crippen LogP contribution in [0.4, 0.5) is 11.5 Å². The van der Waals surface area contributed by atoms with Crippen LogP contribution in [0.15, 0.2) is 59.5 Å². The average Bonchev–Trinajstić information content (AvgIpc) is 3.25. The molecule has 0 spiro atoms. The monoisotopic (exact) mass is 521 g/mol. The molecule has 37 heavy (non-hydrogen) atoms. The van der Waals surface area contributed by atoms with Crippen molar-refractivity contribution >= 4 is 27.4 Å². The van der Waals surface area contributed by atoms with E-state index in [0.717, 1.165) is 34.1 Å². The fourth-order valence-corrected chi connectivity index (χ4v) is 6.56. The topological polar surface area (TPSA) is 95.9 Å². The van der Waals surface area contributed by atoms with E-state index in [2.05, 4.69) is 15.1 Å². The summed E-state index contributed by atoms with van der Waals surface area (Å²) in [5.74, 6) is 1.51. The van der Waals surface area contributed by atoms with Gasteiger partial charge in [0.2, 0.25) is 15.9 Å². The Morgan fingerprint density at radius 1 is 1.00 bits per heavy atom. The molecule has 1 aromatic heterocycles. The number of amides is 1. The number of carbonyl (C=O) groups is 1. The summed E-state index contributed by atoms with van der Waals surface area (Å²) >= 11 is 0. The second-order valence-corrected chi connectivity index (χ2v) is 11.3. The van der Waals surface area contributed by atoms with Crippen molar-refractivity contribution in [2.45, 2.75) is 38.1 Å². The molecule has 0 N–H and O–H groups in total. The van der Waals surface area contributed by atoms with Crippen molar-refractivity contribution in [3.05, 3.63) is 60.2 Å². The third-order valence-corrected chi connectivity index (χ3v) is 8.81. The second-order valence-electron chi connectivity index (χ2n) is 9.36. The van der Waals surface area contributed by atoms with Crippen LogP contribution in [-0.2, 0) is 21.2 Å². The molecule has 1 unspecified atom stereocenters. The molecule has 2 aromatic carbocycles. The third kappa shape index (κ3) is 4.91. The predicted octanol–water partition coefficient (Wildman–Crippen LogP) is 3.35. The van der Waals surface area contributed by atoms with Gasteiger partial charge in [-0.25, -0.2) is 8.42 Å². The van der Waals surface area contributed by atoms with Crippen LogP contribution in [0.3, 0.4) is 0 Å². The molecule has 0 bridgehead atoms. The van der Waals surface area contributed by atoms with Crippen LogP contribution in [0.2, 0.25) is 0 Å². The molecule has 3 aromatic rings. The molecule has 2 aliphatic rings. The predicted molar refractivity (Wildman–Crippen MR) is 142 cm³/mol. The summed E-state index contributed by atoms with van der Waals surface area (Å²) in [6.45, 7) is 7.85. The van der Waals surface area contributed by atoms with Crippen molar-refractivity contribution in [1.82, 2.24) is 14.5 Å². The maximum atomic E-state index is 13.4. The average molecular weight is 522 g/mol. The summed E-state index contributed by atoms with van der Waals surface area (Å²) in [4.78, 5) is 16.1. The molecule has 0 aliphatic carbocycles. The van der Waals surface area contributed by atoms with Gasteiger partial charge in [0.15, 0.2) is 5.82 Å². The summed E-state index contributed by atoms with van der Waals surface area (Å²) in [7, 11) is -3.64. The van der Waals surface area contributed by atoms with Gasteiger partial charge in [-0.3, -0.25) is 4.79 Å². The summed E-state index contributed by atoms with van der Waals surface area (Å²) < 4.78 is 33.8. The molecular weight excluding hydrogens is 490 g/mol. The van der Waals surface area contributed by atoms with E-state index >= 15 is 0 Å². The van der Waals surface area contributed by atoms with Crippen molar-refractivity contribution in [3.8, 4) is 17.0 Å². The Morgan fingerprint density at radius 3 is 2.35 bits per heavy atom. The van der Waals surface area contributed by atoms with Crippen LogP contribution in [0, 0.1) is 0 Å². The molecule has 0 radical (unpaired) electrons. The van der Waals surface area contributed by atoms with E-state index < -0.39 is 10.0 Å². The molecule has 1 fully saturated rings. The Hall–Kier alpha value is -3.50. The Morgan fingerprint density at radius 2 is 1.73 bits per heavy atom. The van der Waals surface area contributed by atoms with Crippen LogP contribution in [0.25, 0.3) is 11.3 Å². The highest BCUT2D eigenvalue weighted by atomic mass is 32.2. The Balaban J connectivity index is 1.24. The number of sulfonamides is 1. The number of carbonyl (C=O) groups excluding carboxylic acids is 1. The number of hydrogen-bond acceptors (Lipinski definition) is 7. The smallest absolute Gasteiger partial charge is 0.243 e. The number of hydrogen-bond donors (Lipinski definition) is 0. The molecule has 1 atom stereocenters. The van der Waals surface area contributed by atoms with Crippen molar-refractivity contribution in [3.63, 3.8) is 0 Å². The third-order valence-electron chi connectivity index (χ3n) is 6.92. The molecule has 194 valence electrons. The second kappa shape index (κ2) is 10.1. The van der Waals surface area contributed by atoms with E-state index in [1.165, 1.54) is 11.2 Å². The zero-order valence-corrected chi connectivity index (χ0v) is 22.1. The van der Waals surface area contributed by atoms with Crippen LogP contribution in [0.5, 0.6) is 5.75 Å². The van der Waals surface area contributed by atoms with E-state index in [-0.39, 0.29) is 16.8 Å². The highest BCUT2D eigenvalue weighted by Gasteiger charge is 2.33. The lowest BCUT2D eigenvalue weighted by Crippen LogP contribution is -2.49. The van der Waals surface area contributed by atoms with Crippen LogP contribution in [-0.4, -0.2) is 67.7 Å². The molecule has 1 amide bonds. The quantitative estimate of drug-likeness (QED) is 0.491. The summed E-state index contributed by atoms with van der Waals surface area (Å²) in [6.07, 6.45) is 0.650. The number of ether oxygens (including phenoxy) is 1. The van der Waals surface area contributed by atoms with Gasteiger partial charge in [0.25, 0.3) is 0 Å². The van der Waals surface area contributed by atoms with Crippen molar-refractivity contribution in [1.29, 1.82) is 0 Å². The van der Waals surface area contributed by atoms with Gasteiger partial charge < -0.3 is 14.5 Å². The first kappa shape index (κ1) is 25.2. The van der Waals surface area contributed by atoms with Crippen LogP contribution in [0.1, 0.15) is 26.3 Å². The highest BCUT2D eigenvalue weighted by molar-refractivity contribution is 7.89. The van der Waals surface area contributed by atoms with Gasteiger partial charge in [0.05, 0.1) is 17.2 Å². The van der Waals surface area contributed by atoms with Crippen molar-refractivity contribution < 1.29 is 17.9 Å². The normalized spacial score (nSPS) is 18.1. The van der Waals surface area contributed by atoms with Crippen molar-refractivity contribution in [2.24, 2.45) is 0 Å². The SMILES string of the molecule is CCOc1ccc(-c2ccc(N3CCN(S(=O)(=O)c4ccc5c(c4)CC(C)N5C(C)=O)CC3)nn2)cc1. The Labute approximate surface area is 217 Å². The van der Waals surface area contributed by atoms with Gasteiger partial charge in [-0.05, 0) is 80.4 Å². The lowest BCUT2D eigenvalue weighted by Gasteiger charge is -2.34. The number of nitrogens with zero attached hydrogens (tertiary/aromatic N) is 5. The first-order chi connectivity index (χ1) is 17.8. The number of rotatable bonds is 6. The van der Waals surface area contributed by atoms with E-state index in [1.807, 2.05) is 50.2 Å². The lowest BCUT2D eigenvalue weighted by atomic mass is 10.1. The molecule has 10 heteroatoms. The summed E-state index contributed by atoms with van der Waals surface area (Å²) in [5, 5.41) is 8.78. The first-order valence-electron chi connectivity index (χ1n) is 12.5. The minimum absolute atomic E-state index is 0.0240. The van der Waals surface area contributed by atoms with E-state index in [1.54, 1.807) is 23.1 Å². The molecule has 9 nitrogen and oxygen atoms in total. The molecule has 5 rings (SSSR count). The van der Waals surface area contributed by atoms with Gasteiger partial charge in [0, 0.05) is 50.4 Å². The fraction of sp³-hybridized carbons (Fsp3) is 0.370. The Bertz CT molecular complexity index is 1390. The minimum Gasteiger partial charge on any atom is -0.494 e. The van der Waals surface area contributed by atoms with Gasteiger partial charge in [-0.1, -0.05) is 0 Å². The number of benzene rings is 2. The number of anilines is 2. The zero-order valence-electron chi connectivity index (χ0n) is 21.3. The summed E-state index contributed by atoms with van der Waals surface area (Å²) in [5.41, 5.74) is 3.41. The minimum atomic E-state index is -3.64. The fourth-order valence-electron chi connectivity index (χ4n) is 5.09. The van der Waals surface area contributed by atoms with Crippen LogP contribution >= 0.6 is 0 Å². The van der Waals surface area contributed by atoms with Gasteiger partial charge in [-0.2, -0.15) is 4.31 Å². The Kier molecular flexibility index (Phi) is 6.87. The maximum Gasteiger partial charge on any atom is 0.243 e. The van der Waals surface area contributed by atoms with E-state index in [4.69, 9.17) is 4.74 Å². The van der Waals surface area contributed by atoms with Gasteiger partial charge in [-0.15, -0.1) is 10.2 Å². The molecule has 0 saturated carbocycles. The summed E-state index contributed by atoms with van der Waals surface area (Å²) in [6, 6.07) is 16.7. The zero-order chi connectivity index (χ0) is 26.2. The number of fused-ring (bicyclic) bond motifs is 1. The lowest BCUT2D eigenvalue weighted by molar-refractivity contribution is -0.116. The molecule has 3 heterocycles. The largest absolute Gasteiger partial charge is 0.494 e. The number of piperazine rings is 1. The van der Waals surface area contributed by atoms with E-state index in [0.29, 0.717) is 39.2 Å². The molecular formula is C27H31N5O4S. The first-order valence-corrected chi connectivity index (χ1v) is 14.0. The number of aromatic nitrogens is 2.